The average Bonchev–Trinajstić information content (AvgIpc) is 2.78. The molecule has 0 radical (unpaired) electrons. The van der Waals surface area contributed by atoms with E-state index in [0.717, 1.165) is 5.56 Å². The quantitative estimate of drug-likeness (QED) is 0.636. The first-order valence-corrected chi connectivity index (χ1v) is 10.4. The van der Waals surface area contributed by atoms with Gasteiger partial charge in [0.1, 0.15) is 18.0 Å². The number of aromatic nitrogens is 2. The van der Waals surface area contributed by atoms with Crippen molar-refractivity contribution in [3.8, 4) is 0 Å². The maximum absolute atomic E-state index is 14.8. The average molecular weight is 443 g/mol. The topological polar surface area (TPSA) is 58.1 Å². The van der Waals surface area contributed by atoms with E-state index in [1.54, 1.807) is 24.5 Å². The van der Waals surface area contributed by atoms with Crippen LogP contribution >= 0.6 is 11.6 Å². The van der Waals surface area contributed by atoms with E-state index in [2.05, 4.69) is 20.2 Å². The van der Waals surface area contributed by atoms with Crippen LogP contribution in [-0.2, 0) is 0 Å². The molecule has 1 aromatic heterocycles. The highest BCUT2D eigenvalue weighted by Gasteiger charge is 2.30. The standard InChI is InChI=1S/C23H21ClF2N4O/c24-17-3-6-20(21(26)11-17)22(16-12-27-14-28-13-16)30-9-7-19(8-10-30)29-23(31)15-1-4-18(25)5-2-15/h1-6,11-14,19,22H,7-10H2,(H,29,31). The Bertz CT molecular complexity index is 1040. The van der Waals surface area contributed by atoms with Crippen molar-refractivity contribution in [2.45, 2.75) is 24.9 Å². The van der Waals surface area contributed by atoms with E-state index in [0.29, 0.717) is 42.1 Å². The molecule has 1 aliphatic heterocycles. The normalized spacial score (nSPS) is 16.1. The van der Waals surface area contributed by atoms with Gasteiger partial charge in [-0.3, -0.25) is 9.69 Å². The van der Waals surface area contributed by atoms with Crippen molar-refractivity contribution >= 4 is 17.5 Å². The second kappa shape index (κ2) is 9.49. The van der Waals surface area contributed by atoms with Gasteiger partial charge < -0.3 is 5.32 Å². The fourth-order valence-corrected chi connectivity index (χ4v) is 4.09. The molecule has 0 bridgehead atoms. The van der Waals surface area contributed by atoms with Crippen LogP contribution in [0.5, 0.6) is 0 Å². The molecule has 1 fully saturated rings. The van der Waals surface area contributed by atoms with Gasteiger partial charge in [0, 0.05) is 53.2 Å². The lowest BCUT2D eigenvalue weighted by molar-refractivity contribution is 0.0899. The number of nitrogens with one attached hydrogen (secondary N) is 1. The number of carbonyl (C=O) groups excluding carboxylic acids is 1. The molecule has 8 heteroatoms. The Morgan fingerprint density at radius 3 is 2.39 bits per heavy atom. The summed E-state index contributed by atoms with van der Waals surface area (Å²) >= 11 is 5.94. The zero-order chi connectivity index (χ0) is 21.8. The summed E-state index contributed by atoms with van der Waals surface area (Å²) in [6.07, 6.45) is 6.22. The fourth-order valence-electron chi connectivity index (χ4n) is 3.93. The van der Waals surface area contributed by atoms with Crippen LogP contribution in [0.4, 0.5) is 8.78 Å². The lowest BCUT2D eigenvalue weighted by atomic mass is 9.95. The summed E-state index contributed by atoms with van der Waals surface area (Å²) in [6.45, 7) is 1.30. The van der Waals surface area contributed by atoms with Gasteiger partial charge in [-0.1, -0.05) is 17.7 Å². The third-order valence-corrected chi connectivity index (χ3v) is 5.72. The molecule has 4 rings (SSSR count). The third-order valence-electron chi connectivity index (χ3n) is 5.49. The Morgan fingerprint density at radius 1 is 1.06 bits per heavy atom. The van der Waals surface area contributed by atoms with Crippen molar-refractivity contribution in [3.05, 3.63) is 94.5 Å². The number of halogens is 3. The molecule has 1 unspecified atom stereocenters. The van der Waals surface area contributed by atoms with Crippen molar-refractivity contribution < 1.29 is 13.6 Å². The molecule has 2 heterocycles. The van der Waals surface area contributed by atoms with Gasteiger partial charge >= 0.3 is 0 Å². The van der Waals surface area contributed by atoms with E-state index in [-0.39, 0.29) is 29.6 Å². The van der Waals surface area contributed by atoms with Crippen LogP contribution < -0.4 is 5.32 Å². The van der Waals surface area contributed by atoms with Gasteiger partial charge in [0.25, 0.3) is 5.91 Å². The molecule has 1 atom stereocenters. The molecule has 0 aliphatic carbocycles. The van der Waals surface area contributed by atoms with Crippen LogP contribution in [0.3, 0.4) is 0 Å². The van der Waals surface area contributed by atoms with Gasteiger partial charge in [0.2, 0.25) is 0 Å². The van der Waals surface area contributed by atoms with E-state index >= 15 is 0 Å². The van der Waals surface area contributed by atoms with Gasteiger partial charge in [-0.2, -0.15) is 0 Å². The van der Waals surface area contributed by atoms with Crippen LogP contribution in [0, 0.1) is 11.6 Å². The SMILES string of the molecule is O=C(NC1CCN(C(c2cncnc2)c2ccc(Cl)cc2F)CC1)c1ccc(F)cc1. The molecular weight excluding hydrogens is 422 g/mol. The first-order chi connectivity index (χ1) is 15.0. The maximum Gasteiger partial charge on any atom is 0.251 e. The Balaban J connectivity index is 1.48. The van der Waals surface area contributed by atoms with Crippen LogP contribution in [0.15, 0.2) is 61.2 Å². The van der Waals surface area contributed by atoms with Gasteiger partial charge in [-0.05, 0) is 49.2 Å². The van der Waals surface area contributed by atoms with Gasteiger partial charge in [-0.15, -0.1) is 0 Å². The van der Waals surface area contributed by atoms with Crippen molar-refractivity contribution in [2.75, 3.05) is 13.1 Å². The number of hydrogen-bond acceptors (Lipinski definition) is 4. The lowest BCUT2D eigenvalue weighted by Gasteiger charge is -2.38. The molecule has 1 saturated heterocycles. The number of amides is 1. The Hall–Kier alpha value is -2.90. The minimum absolute atomic E-state index is 0.0171. The zero-order valence-corrected chi connectivity index (χ0v) is 17.4. The highest BCUT2D eigenvalue weighted by atomic mass is 35.5. The number of nitrogens with zero attached hydrogens (tertiary/aromatic N) is 3. The number of benzene rings is 2. The summed E-state index contributed by atoms with van der Waals surface area (Å²) in [6, 6.07) is 9.77. The first kappa shape index (κ1) is 21.3. The van der Waals surface area contributed by atoms with Gasteiger partial charge in [0.05, 0.1) is 6.04 Å². The third kappa shape index (κ3) is 5.06. The summed E-state index contributed by atoms with van der Waals surface area (Å²) in [5, 5.41) is 3.35. The van der Waals surface area contributed by atoms with Crippen molar-refractivity contribution in [3.63, 3.8) is 0 Å². The molecule has 0 spiro atoms. The largest absolute Gasteiger partial charge is 0.349 e. The lowest BCUT2D eigenvalue weighted by Crippen LogP contribution is -2.46. The summed E-state index contributed by atoms with van der Waals surface area (Å²) in [4.78, 5) is 22.8. The second-order valence-electron chi connectivity index (χ2n) is 7.53. The van der Waals surface area contributed by atoms with Gasteiger partial charge in [0.15, 0.2) is 0 Å². The molecule has 2 aromatic carbocycles. The van der Waals surface area contributed by atoms with Crippen molar-refractivity contribution in [2.24, 2.45) is 0 Å². The Morgan fingerprint density at radius 2 is 1.74 bits per heavy atom. The summed E-state index contributed by atoms with van der Waals surface area (Å²) in [5.41, 5.74) is 1.72. The smallest absolute Gasteiger partial charge is 0.251 e. The van der Waals surface area contributed by atoms with E-state index in [9.17, 15) is 13.6 Å². The Kier molecular flexibility index (Phi) is 6.53. The predicted molar refractivity (Wildman–Crippen MR) is 114 cm³/mol. The van der Waals surface area contributed by atoms with Crippen molar-refractivity contribution in [1.82, 2.24) is 20.2 Å². The molecule has 3 aromatic rings. The predicted octanol–water partition coefficient (Wildman–Crippen LogP) is 4.39. The molecule has 31 heavy (non-hydrogen) atoms. The molecule has 0 saturated carbocycles. The second-order valence-corrected chi connectivity index (χ2v) is 7.97. The number of piperidine rings is 1. The van der Waals surface area contributed by atoms with Gasteiger partial charge in [-0.25, -0.2) is 18.7 Å². The highest BCUT2D eigenvalue weighted by molar-refractivity contribution is 6.30. The molecule has 1 aliphatic rings. The van der Waals surface area contributed by atoms with Crippen LogP contribution in [0.2, 0.25) is 5.02 Å². The zero-order valence-electron chi connectivity index (χ0n) is 16.6. The van der Waals surface area contributed by atoms with E-state index < -0.39 is 0 Å². The monoisotopic (exact) mass is 442 g/mol. The van der Waals surface area contributed by atoms with Crippen LogP contribution in [-0.4, -0.2) is 39.9 Å². The van der Waals surface area contributed by atoms with E-state index in [1.165, 1.54) is 36.7 Å². The number of hydrogen-bond donors (Lipinski definition) is 1. The number of carbonyl (C=O) groups is 1. The Labute approximate surface area is 184 Å². The highest BCUT2D eigenvalue weighted by Crippen LogP contribution is 2.33. The minimum Gasteiger partial charge on any atom is -0.349 e. The first-order valence-electron chi connectivity index (χ1n) is 10.0. The maximum atomic E-state index is 14.8. The number of likely N-dealkylation sites (tertiary alicyclic amines) is 1. The molecule has 5 nitrogen and oxygen atoms in total. The number of rotatable bonds is 5. The fraction of sp³-hybridized carbons (Fsp3) is 0.261. The summed E-state index contributed by atoms with van der Waals surface area (Å²) in [5.74, 6) is -0.987. The van der Waals surface area contributed by atoms with Crippen molar-refractivity contribution in [1.29, 1.82) is 0 Å². The molecule has 160 valence electrons. The van der Waals surface area contributed by atoms with E-state index in [1.807, 2.05) is 0 Å². The molecule has 1 amide bonds. The summed E-state index contributed by atoms with van der Waals surface area (Å²) in [7, 11) is 0. The molecule has 1 N–H and O–H groups in total. The molecular formula is C23H21ClF2N4O. The van der Waals surface area contributed by atoms with Crippen LogP contribution in [0.25, 0.3) is 0 Å². The van der Waals surface area contributed by atoms with Crippen LogP contribution in [0.1, 0.15) is 40.4 Å². The summed E-state index contributed by atoms with van der Waals surface area (Å²) < 4.78 is 27.8. The minimum atomic E-state index is -0.381. The van der Waals surface area contributed by atoms with E-state index in [4.69, 9.17) is 11.6 Å².